The molecule has 0 bridgehead atoms. The van der Waals surface area contributed by atoms with E-state index in [0.29, 0.717) is 29.6 Å². The lowest BCUT2D eigenvalue weighted by Crippen LogP contribution is -2.41. The lowest BCUT2D eigenvalue weighted by atomic mass is 10.2. The first-order valence-corrected chi connectivity index (χ1v) is 8.33. The van der Waals surface area contributed by atoms with Crippen molar-refractivity contribution in [3.8, 4) is 5.75 Å². The molecular formula is C15H19BrN2O3S. The minimum atomic E-state index is -0.259. The van der Waals surface area contributed by atoms with Gasteiger partial charge in [0, 0.05) is 24.7 Å². The predicted octanol–water partition coefficient (Wildman–Crippen LogP) is 2.58. The molecule has 0 saturated carbocycles. The van der Waals surface area contributed by atoms with Crippen LogP contribution in [0.25, 0.3) is 0 Å². The van der Waals surface area contributed by atoms with Crippen LogP contribution in [-0.2, 0) is 4.74 Å². The normalized spacial score (nSPS) is 14.0. The molecule has 7 heteroatoms. The number of ether oxygens (including phenoxy) is 2. The number of carbonyl (C=O) groups excluding carboxylic acids is 1. The van der Waals surface area contributed by atoms with Crippen LogP contribution < -0.4 is 10.1 Å². The van der Waals surface area contributed by atoms with Crippen LogP contribution in [0, 0.1) is 0 Å². The maximum Gasteiger partial charge on any atom is 0.261 e. The Hall–Kier alpha value is -1.18. The van der Waals surface area contributed by atoms with Gasteiger partial charge in [-0.05, 0) is 43.3 Å². The molecule has 2 rings (SSSR count). The number of likely N-dealkylation sites (tertiary alicyclic amines) is 1. The van der Waals surface area contributed by atoms with Crippen molar-refractivity contribution in [1.29, 1.82) is 0 Å². The molecule has 0 aromatic heterocycles. The van der Waals surface area contributed by atoms with Gasteiger partial charge in [0.15, 0.2) is 5.11 Å². The predicted molar refractivity (Wildman–Crippen MR) is 92.4 cm³/mol. The molecule has 0 atom stereocenters. The third-order valence-corrected chi connectivity index (χ3v) is 4.20. The van der Waals surface area contributed by atoms with Crippen LogP contribution in [-0.4, -0.2) is 49.3 Å². The Morgan fingerprint density at radius 1 is 1.36 bits per heavy atom. The average molecular weight is 387 g/mol. The minimum Gasteiger partial charge on any atom is -0.490 e. The molecule has 120 valence electrons. The molecular weight excluding hydrogens is 368 g/mol. The van der Waals surface area contributed by atoms with E-state index in [0.717, 1.165) is 30.4 Å². The third-order valence-electron chi connectivity index (χ3n) is 3.34. The van der Waals surface area contributed by atoms with Gasteiger partial charge in [0.05, 0.1) is 12.2 Å². The summed E-state index contributed by atoms with van der Waals surface area (Å²) in [6, 6.07) is 5.31. The minimum absolute atomic E-state index is 0.259. The molecule has 1 aliphatic heterocycles. The van der Waals surface area contributed by atoms with E-state index in [4.69, 9.17) is 21.7 Å². The first-order valence-electron chi connectivity index (χ1n) is 7.13. The Kier molecular flexibility index (Phi) is 6.60. The Labute approximate surface area is 144 Å². The van der Waals surface area contributed by atoms with Crippen LogP contribution >= 0.6 is 28.1 Å². The van der Waals surface area contributed by atoms with Gasteiger partial charge in [-0.2, -0.15) is 0 Å². The molecule has 0 radical (unpaired) electrons. The second-order valence-electron chi connectivity index (χ2n) is 4.94. The van der Waals surface area contributed by atoms with E-state index in [9.17, 15) is 4.79 Å². The standard InChI is InChI=1S/C15H19BrN2O3S/c1-20-8-9-21-13-5-4-11(16)10-12(13)14(19)17-15(22)18-6-2-3-7-18/h4-5,10H,2-3,6-9H2,1H3,(H,17,19,22). The lowest BCUT2D eigenvalue weighted by Gasteiger charge is -2.19. The van der Waals surface area contributed by atoms with E-state index in [-0.39, 0.29) is 5.91 Å². The number of amides is 1. The maximum absolute atomic E-state index is 12.5. The Bertz CT molecular complexity index is 548. The molecule has 1 saturated heterocycles. The van der Waals surface area contributed by atoms with Crippen molar-refractivity contribution in [2.75, 3.05) is 33.4 Å². The quantitative estimate of drug-likeness (QED) is 0.622. The molecule has 22 heavy (non-hydrogen) atoms. The van der Waals surface area contributed by atoms with Crippen molar-refractivity contribution in [2.24, 2.45) is 0 Å². The topological polar surface area (TPSA) is 50.8 Å². The zero-order valence-corrected chi connectivity index (χ0v) is 14.8. The van der Waals surface area contributed by atoms with E-state index in [1.807, 2.05) is 11.0 Å². The van der Waals surface area contributed by atoms with Crippen molar-refractivity contribution in [3.05, 3.63) is 28.2 Å². The van der Waals surface area contributed by atoms with Crippen molar-refractivity contribution in [3.63, 3.8) is 0 Å². The maximum atomic E-state index is 12.5. The lowest BCUT2D eigenvalue weighted by molar-refractivity contribution is 0.0966. The molecule has 1 heterocycles. The molecule has 1 aromatic rings. The zero-order valence-electron chi connectivity index (χ0n) is 12.4. The summed E-state index contributed by atoms with van der Waals surface area (Å²) in [4.78, 5) is 14.5. The first-order chi connectivity index (χ1) is 10.6. The number of methoxy groups -OCH3 is 1. The van der Waals surface area contributed by atoms with Crippen LogP contribution in [0.15, 0.2) is 22.7 Å². The molecule has 1 aromatic carbocycles. The van der Waals surface area contributed by atoms with Crippen molar-refractivity contribution >= 4 is 39.2 Å². The summed E-state index contributed by atoms with van der Waals surface area (Å²) in [5.41, 5.74) is 0.451. The van der Waals surface area contributed by atoms with Gasteiger partial charge in [-0.1, -0.05) is 15.9 Å². The van der Waals surface area contributed by atoms with Crippen LogP contribution in [0.5, 0.6) is 5.75 Å². The molecule has 0 aliphatic carbocycles. The van der Waals surface area contributed by atoms with Gasteiger partial charge in [0.25, 0.3) is 5.91 Å². The summed E-state index contributed by atoms with van der Waals surface area (Å²) < 4.78 is 11.4. The molecule has 0 spiro atoms. The van der Waals surface area contributed by atoms with Gasteiger partial charge >= 0.3 is 0 Å². The number of hydrogen-bond acceptors (Lipinski definition) is 4. The number of thiocarbonyl (C=S) groups is 1. The molecule has 1 aliphatic rings. The fraction of sp³-hybridized carbons (Fsp3) is 0.467. The SMILES string of the molecule is COCCOc1ccc(Br)cc1C(=O)NC(=S)N1CCCC1. The zero-order chi connectivity index (χ0) is 15.9. The summed E-state index contributed by atoms with van der Waals surface area (Å²) in [7, 11) is 1.60. The van der Waals surface area contributed by atoms with Gasteiger partial charge in [-0.25, -0.2) is 0 Å². The van der Waals surface area contributed by atoms with Crippen LogP contribution in [0.2, 0.25) is 0 Å². The van der Waals surface area contributed by atoms with Gasteiger partial charge in [0.2, 0.25) is 0 Å². The summed E-state index contributed by atoms with van der Waals surface area (Å²) in [6.07, 6.45) is 2.22. The van der Waals surface area contributed by atoms with E-state index in [2.05, 4.69) is 21.2 Å². The molecule has 5 nitrogen and oxygen atoms in total. The highest BCUT2D eigenvalue weighted by atomic mass is 79.9. The van der Waals surface area contributed by atoms with Crippen LogP contribution in [0.3, 0.4) is 0 Å². The van der Waals surface area contributed by atoms with Gasteiger partial charge in [-0.3, -0.25) is 10.1 Å². The van der Waals surface area contributed by atoms with E-state index in [1.54, 1.807) is 19.2 Å². The highest BCUT2D eigenvalue weighted by Gasteiger charge is 2.19. The number of carbonyl (C=O) groups is 1. The summed E-state index contributed by atoms with van der Waals surface area (Å²) in [5, 5.41) is 3.26. The first kappa shape index (κ1) is 17.2. The fourth-order valence-electron chi connectivity index (χ4n) is 2.20. The van der Waals surface area contributed by atoms with E-state index in [1.165, 1.54) is 0 Å². The van der Waals surface area contributed by atoms with Crippen molar-refractivity contribution in [2.45, 2.75) is 12.8 Å². The van der Waals surface area contributed by atoms with Crippen molar-refractivity contribution in [1.82, 2.24) is 10.2 Å². The highest BCUT2D eigenvalue weighted by Crippen LogP contribution is 2.23. The van der Waals surface area contributed by atoms with Gasteiger partial charge < -0.3 is 14.4 Å². The summed E-state index contributed by atoms with van der Waals surface area (Å²) in [6.45, 7) is 2.64. The number of benzene rings is 1. The van der Waals surface area contributed by atoms with E-state index >= 15 is 0 Å². The number of rotatable bonds is 5. The summed E-state index contributed by atoms with van der Waals surface area (Å²) >= 11 is 8.67. The van der Waals surface area contributed by atoms with E-state index < -0.39 is 0 Å². The Balaban J connectivity index is 2.06. The average Bonchev–Trinajstić information content (AvgIpc) is 3.03. The van der Waals surface area contributed by atoms with Crippen LogP contribution in [0.4, 0.5) is 0 Å². The fourth-order valence-corrected chi connectivity index (χ4v) is 2.84. The number of halogens is 1. The van der Waals surface area contributed by atoms with Gasteiger partial charge in [-0.15, -0.1) is 0 Å². The van der Waals surface area contributed by atoms with Crippen molar-refractivity contribution < 1.29 is 14.3 Å². The monoisotopic (exact) mass is 386 g/mol. The Morgan fingerprint density at radius 3 is 2.77 bits per heavy atom. The second kappa shape index (κ2) is 8.45. The van der Waals surface area contributed by atoms with Crippen LogP contribution in [0.1, 0.15) is 23.2 Å². The smallest absolute Gasteiger partial charge is 0.261 e. The Morgan fingerprint density at radius 2 is 2.09 bits per heavy atom. The molecule has 1 fully saturated rings. The molecule has 0 unspecified atom stereocenters. The number of nitrogens with one attached hydrogen (secondary N) is 1. The molecule has 1 N–H and O–H groups in total. The number of hydrogen-bond donors (Lipinski definition) is 1. The third kappa shape index (κ3) is 4.66. The van der Waals surface area contributed by atoms with Gasteiger partial charge in [0.1, 0.15) is 12.4 Å². The largest absolute Gasteiger partial charge is 0.490 e. The number of nitrogens with zero attached hydrogens (tertiary/aromatic N) is 1. The summed E-state index contributed by atoms with van der Waals surface area (Å²) in [5.74, 6) is 0.257. The second-order valence-corrected chi connectivity index (χ2v) is 6.24. The molecule has 1 amide bonds. The highest BCUT2D eigenvalue weighted by molar-refractivity contribution is 9.10.